The van der Waals surface area contributed by atoms with Crippen molar-refractivity contribution in [3.8, 4) is 5.75 Å². The van der Waals surface area contributed by atoms with Crippen LogP contribution in [0.5, 0.6) is 5.75 Å². The van der Waals surface area contributed by atoms with E-state index in [9.17, 15) is 9.59 Å². The van der Waals surface area contributed by atoms with Gasteiger partial charge in [0.15, 0.2) is 0 Å². The van der Waals surface area contributed by atoms with Crippen LogP contribution >= 0.6 is 56.9 Å². The minimum atomic E-state index is -0.254. The Morgan fingerprint density at radius 3 is 2.31 bits per heavy atom. The Hall–Kier alpha value is -1.85. The summed E-state index contributed by atoms with van der Waals surface area (Å²) in [7, 11) is 0. The number of rotatable bonds is 6. The van der Waals surface area contributed by atoms with Gasteiger partial charge >= 0.3 is 0 Å². The number of hydrogen-bond donors (Lipinski definition) is 0. The molecule has 3 aromatic carbocycles. The number of nitrogens with zero attached hydrogens (tertiary/aromatic N) is 1. The van der Waals surface area contributed by atoms with Crippen molar-refractivity contribution >= 4 is 74.2 Å². The number of aryl methyl sites for hydroxylation is 1. The zero-order chi connectivity index (χ0) is 22.7. The van der Waals surface area contributed by atoms with Gasteiger partial charge in [-0.3, -0.25) is 14.5 Å². The van der Waals surface area contributed by atoms with Gasteiger partial charge in [0.2, 0.25) is 0 Å². The van der Waals surface area contributed by atoms with Gasteiger partial charge in [-0.15, -0.1) is 0 Å². The number of carbonyl (C=O) groups is 2. The Balaban J connectivity index is 1.50. The van der Waals surface area contributed by atoms with Gasteiger partial charge in [0.1, 0.15) is 12.4 Å². The van der Waals surface area contributed by atoms with E-state index in [1.54, 1.807) is 6.08 Å². The largest absolute Gasteiger partial charge is 0.487 e. The lowest BCUT2D eigenvalue weighted by Gasteiger charge is -2.13. The highest BCUT2D eigenvalue weighted by molar-refractivity contribution is 14.1. The molecule has 0 saturated carbocycles. The molecular weight excluding hydrogens is 648 g/mol. The molecule has 0 atom stereocenters. The van der Waals surface area contributed by atoms with Gasteiger partial charge in [0.25, 0.3) is 11.1 Å². The van der Waals surface area contributed by atoms with E-state index in [0.717, 1.165) is 46.9 Å². The molecule has 32 heavy (non-hydrogen) atoms. The van der Waals surface area contributed by atoms with Gasteiger partial charge in [0, 0.05) is 0 Å². The van der Waals surface area contributed by atoms with E-state index >= 15 is 0 Å². The first kappa shape index (κ1) is 23.3. The maximum absolute atomic E-state index is 12.9. The lowest BCUT2D eigenvalue weighted by Crippen LogP contribution is -2.27. The summed E-state index contributed by atoms with van der Waals surface area (Å²) in [5, 5.41) is -0.241. The van der Waals surface area contributed by atoms with Crippen LogP contribution in [0.25, 0.3) is 6.08 Å². The van der Waals surface area contributed by atoms with Crippen LogP contribution in [0, 0.1) is 14.1 Å². The molecule has 0 aromatic heterocycles. The minimum Gasteiger partial charge on any atom is -0.487 e. The molecule has 162 valence electrons. The monoisotopic (exact) mass is 667 g/mol. The summed E-state index contributed by atoms with van der Waals surface area (Å²) in [4.78, 5) is 27.1. The molecule has 1 aliphatic heterocycles. The fourth-order valence-corrected chi connectivity index (χ4v) is 6.28. The van der Waals surface area contributed by atoms with Crippen LogP contribution in [0.2, 0.25) is 0 Å². The van der Waals surface area contributed by atoms with E-state index in [-0.39, 0.29) is 17.7 Å². The van der Waals surface area contributed by atoms with Gasteiger partial charge in [-0.1, -0.05) is 60.2 Å². The van der Waals surface area contributed by atoms with Crippen LogP contribution in [0.3, 0.4) is 0 Å². The Bertz CT molecular complexity index is 1190. The predicted octanol–water partition coefficient (Wildman–Crippen LogP) is 7.02. The molecule has 0 spiro atoms. The molecule has 0 radical (unpaired) electrons. The average Bonchev–Trinajstić information content (AvgIpc) is 3.01. The molecule has 4 rings (SSSR count). The summed E-state index contributed by atoms with van der Waals surface area (Å²) in [5.74, 6) is 0.565. The summed E-state index contributed by atoms with van der Waals surface area (Å²) < 4.78 is 7.95. The molecule has 1 heterocycles. The number of amides is 2. The number of benzene rings is 3. The van der Waals surface area contributed by atoms with Gasteiger partial charge in [0.05, 0.1) is 18.6 Å². The number of thioether (sulfide) groups is 1. The van der Waals surface area contributed by atoms with E-state index in [4.69, 9.17) is 4.74 Å². The molecule has 1 fully saturated rings. The average molecular weight is 667 g/mol. The molecule has 1 saturated heterocycles. The molecule has 4 nitrogen and oxygen atoms in total. The highest BCUT2D eigenvalue weighted by Crippen LogP contribution is 2.35. The maximum Gasteiger partial charge on any atom is 0.293 e. The smallest absolute Gasteiger partial charge is 0.293 e. The third kappa shape index (κ3) is 5.55. The third-order valence-electron chi connectivity index (χ3n) is 4.84. The quantitative estimate of drug-likeness (QED) is 0.210. The number of carbonyl (C=O) groups excluding carboxylic acids is 2. The van der Waals surface area contributed by atoms with E-state index in [0.29, 0.717) is 11.5 Å². The van der Waals surface area contributed by atoms with E-state index < -0.39 is 0 Å². The fraction of sp³-hybridized carbons (Fsp3) is 0.120. The Morgan fingerprint density at radius 1 is 0.938 bits per heavy atom. The SMILES string of the molecule is Cc1cccc(CN2C(=O)S/C(=C\c3cc(I)c(OCc4ccccc4)c(I)c3)C2=O)c1. The number of ether oxygens (including phenoxy) is 1. The normalized spacial score (nSPS) is 15.0. The molecule has 0 N–H and O–H groups in total. The van der Waals surface area contributed by atoms with Crippen LogP contribution in [-0.4, -0.2) is 16.0 Å². The van der Waals surface area contributed by atoms with Crippen molar-refractivity contribution in [1.82, 2.24) is 4.90 Å². The zero-order valence-electron chi connectivity index (χ0n) is 17.2. The molecular formula is C25H19I2NO3S. The summed E-state index contributed by atoms with van der Waals surface area (Å²) in [6, 6.07) is 21.8. The van der Waals surface area contributed by atoms with Crippen LogP contribution < -0.4 is 4.74 Å². The van der Waals surface area contributed by atoms with Gasteiger partial charge < -0.3 is 4.74 Å². The Morgan fingerprint density at radius 2 is 1.62 bits per heavy atom. The number of hydrogen-bond acceptors (Lipinski definition) is 4. The van der Waals surface area contributed by atoms with Gasteiger partial charge in [-0.05, 0) is 98.8 Å². The summed E-state index contributed by atoms with van der Waals surface area (Å²) >= 11 is 5.47. The van der Waals surface area contributed by atoms with Crippen molar-refractivity contribution in [3.63, 3.8) is 0 Å². The van der Waals surface area contributed by atoms with Crippen LogP contribution in [-0.2, 0) is 17.9 Å². The molecule has 3 aromatic rings. The molecule has 1 aliphatic rings. The molecule has 0 bridgehead atoms. The second kappa shape index (κ2) is 10.4. The highest BCUT2D eigenvalue weighted by Gasteiger charge is 2.35. The van der Waals surface area contributed by atoms with Gasteiger partial charge in [-0.2, -0.15) is 0 Å². The van der Waals surface area contributed by atoms with Crippen molar-refractivity contribution in [2.45, 2.75) is 20.1 Å². The summed E-state index contributed by atoms with van der Waals surface area (Å²) in [6.07, 6.45) is 1.78. The second-order valence-corrected chi connectivity index (χ2v) is 10.7. The summed E-state index contributed by atoms with van der Waals surface area (Å²) in [5.41, 5.74) is 4.01. The zero-order valence-corrected chi connectivity index (χ0v) is 22.3. The first-order valence-corrected chi connectivity index (χ1v) is 12.8. The third-order valence-corrected chi connectivity index (χ3v) is 7.35. The van der Waals surface area contributed by atoms with Crippen LogP contribution in [0.4, 0.5) is 4.79 Å². The fourth-order valence-electron chi connectivity index (χ4n) is 3.31. The van der Waals surface area contributed by atoms with E-state index in [2.05, 4.69) is 45.2 Å². The lowest BCUT2D eigenvalue weighted by molar-refractivity contribution is -0.123. The number of halogens is 2. The lowest BCUT2D eigenvalue weighted by atomic mass is 10.1. The van der Waals surface area contributed by atoms with Crippen molar-refractivity contribution < 1.29 is 14.3 Å². The first-order valence-electron chi connectivity index (χ1n) is 9.87. The predicted molar refractivity (Wildman–Crippen MR) is 145 cm³/mol. The maximum atomic E-state index is 12.9. The molecule has 0 aliphatic carbocycles. The van der Waals surface area contributed by atoms with Crippen molar-refractivity contribution in [1.29, 1.82) is 0 Å². The minimum absolute atomic E-state index is 0.241. The summed E-state index contributed by atoms with van der Waals surface area (Å²) in [6.45, 7) is 2.77. The van der Waals surface area contributed by atoms with Crippen molar-refractivity contribution in [2.75, 3.05) is 0 Å². The second-order valence-electron chi connectivity index (χ2n) is 7.34. The standard InChI is InChI=1S/C25H19I2NO3S/c1-16-6-5-9-18(10-16)14-28-24(29)22(32-25(28)30)13-19-11-20(26)23(21(27)12-19)31-15-17-7-3-2-4-8-17/h2-13H,14-15H2,1H3/b22-13-. The van der Waals surface area contributed by atoms with E-state index in [1.165, 1.54) is 4.90 Å². The van der Waals surface area contributed by atoms with Gasteiger partial charge in [-0.25, -0.2) is 0 Å². The Labute approximate surface area is 218 Å². The van der Waals surface area contributed by atoms with Crippen molar-refractivity contribution in [2.24, 2.45) is 0 Å². The first-order chi connectivity index (χ1) is 15.4. The van der Waals surface area contributed by atoms with Crippen LogP contribution in [0.1, 0.15) is 22.3 Å². The highest BCUT2D eigenvalue weighted by atomic mass is 127. The Kier molecular flexibility index (Phi) is 7.57. The number of imide groups is 1. The molecule has 2 amide bonds. The topological polar surface area (TPSA) is 46.6 Å². The van der Waals surface area contributed by atoms with E-state index in [1.807, 2.05) is 73.7 Å². The molecule has 7 heteroatoms. The molecule has 0 unspecified atom stereocenters. The van der Waals surface area contributed by atoms with Crippen LogP contribution in [0.15, 0.2) is 71.6 Å². The van der Waals surface area contributed by atoms with Crippen molar-refractivity contribution in [3.05, 3.63) is 101 Å².